The fourth-order valence-corrected chi connectivity index (χ4v) is 2.95. The Labute approximate surface area is 167 Å². The first kappa shape index (κ1) is 21.2. The first-order valence-electron chi connectivity index (χ1n) is 9.49. The molecule has 0 spiro atoms. The summed E-state index contributed by atoms with van der Waals surface area (Å²) in [6.45, 7) is 9.37. The summed E-state index contributed by atoms with van der Waals surface area (Å²) >= 11 is 0. The van der Waals surface area contributed by atoms with Crippen molar-refractivity contribution in [3.63, 3.8) is 0 Å². The first-order valence-corrected chi connectivity index (χ1v) is 9.49. The van der Waals surface area contributed by atoms with Crippen molar-refractivity contribution in [1.82, 2.24) is 0 Å². The quantitative estimate of drug-likeness (QED) is 0.386. The van der Waals surface area contributed by atoms with Crippen LogP contribution in [0.4, 0.5) is 0 Å². The van der Waals surface area contributed by atoms with Crippen molar-refractivity contribution in [1.29, 1.82) is 0 Å². The number of carbonyl (C=O) groups excluding carboxylic acids is 1. The van der Waals surface area contributed by atoms with E-state index in [9.17, 15) is 4.79 Å². The van der Waals surface area contributed by atoms with Crippen LogP contribution in [-0.4, -0.2) is 16.7 Å². The molecule has 0 bridgehead atoms. The van der Waals surface area contributed by atoms with Gasteiger partial charge in [0.25, 0.3) is 0 Å². The molecule has 146 valence electrons. The minimum absolute atomic E-state index is 0.291. The largest absolute Gasteiger partial charge is 0.508 e. The SMILES string of the molecule is C=C(C=Cc1ccccc1)C(=O)OC1(C)CCCC1.C=Cc1ccc(O)cc1. The van der Waals surface area contributed by atoms with E-state index < -0.39 is 0 Å². The predicted molar refractivity (Wildman–Crippen MR) is 116 cm³/mol. The number of phenols is 1. The van der Waals surface area contributed by atoms with Crippen LogP contribution < -0.4 is 0 Å². The summed E-state index contributed by atoms with van der Waals surface area (Å²) in [5.74, 6) is -0.0165. The van der Waals surface area contributed by atoms with Gasteiger partial charge >= 0.3 is 5.97 Å². The van der Waals surface area contributed by atoms with E-state index in [0.717, 1.165) is 36.8 Å². The topological polar surface area (TPSA) is 46.5 Å². The summed E-state index contributed by atoms with van der Waals surface area (Å²) in [4.78, 5) is 12.0. The number of carbonyl (C=O) groups is 1. The van der Waals surface area contributed by atoms with Crippen molar-refractivity contribution in [3.8, 4) is 5.75 Å². The van der Waals surface area contributed by atoms with Crippen LogP contribution in [0.2, 0.25) is 0 Å². The van der Waals surface area contributed by atoms with Crippen LogP contribution >= 0.6 is 0 Å². The number of aromatic hydroxyl groups is 1. The lowest BCUT2D eigenvalue weighted by Crippen LogP contribution is -2.28. The molecule has 3 nitrogen and oxygen atoms in total. The Morgan fingerprint density at radius 2 is 1.64 bits per heavy atom. The van der Waals surface area contributed by atoms with Crippen molar-refractivity contribution < 1.29 is 14.6 Å². The Hall–Kier alpha value is -3.07. The second-order valence-electron chi connectivity index (χ2n) is 7.11. The molecule has 3 rings (SSSR count). The van der Waals surface area contributed by atoms with Gasteiger partial charge < -0.3 is 9.84 Å². The number of ether oxygens (including phenoxy) is 1. The molecule has 3 heteroatoms. The van der Waals surface area contributed by atoms with E-state index in [4.69, 9.17) is 9.84 Å². The smallest absolute Gasteiger partial charge is 0.338 e. The van der Waals surface area contributed by atoms with Crippen LogP contribution in [0.25, 0.3) is 12.2 Å². The highest BCUT2D eigenvalue weighted by molar-refractivity contribution is 5.92. The number of phenolic OH excluding ortho intramolecular Hbond substituents is 1. The van der Waals surface area contributed by atoms with Gasteiger partial charge in [0.1, 0.15) is 11.4 Å². The van der Waals surface area contributed by atoms with Gasteiger partial charge in [-0.2, -0.15) is 0 Å². The molecule has 0 radical (unpaired) electrons. The van der Waals surface area contributed by atoms with Gasteiger partial charge in [-0.1, -0.05) is 67.8 Å². The van der Waals surface area contributed by atoms with Crippen molar-refractivity contribution in [3.05, 3.63) is 90.5 Å². The summed E-state index contributed by atoms with van der Waals surface area (Å²) in [6, 6.07) is 16.7. The van der Waals surface area contributed by atoms with E-state index in [1.165, 1.54) is 0 Å². The lowest BCUT2D eigenvalue weighted by molar-refractivity contribution is -0.152. The fourth-order valence-electron chi connectivity index (χ4n) is 2.95. The molecular weight excluding hydrogens is 348 g/mol. The number of hydrogen-bond acceptors (Lipinski definition) is 3. The molecule has 0 aromatic heterocycles. The standard InChI is InChI=1S/C17H20O2.C8H8O/c1-14(10-11-15-8-4-3-5-9-15)16(18)19-17(2)12-6-7-13-17;1-2-7-3-5-8(9)6-4-7/h3-5,8-11H,1,6-7,12-13H2,2H3;2-6,9H,1H2. The molecule has 0 saturated heterocycles. The maximum Gasteiger partial charge on any atom is 0.338 e. The van der Waals surface area contributed by atoms with Crippen molar-refractivity contribution in [2.45, 2.75) is 38.2 Å². The molecule has 1 saturated carbocycles. The zero-order valence-electron chi connectivity index (χ0n) is 16.4. The molecule has 1 N–H and O–H groups in total. The normalized spacial score (nSPS) is 14.8. The molecular formula is C25H28O3. The van der Waals surface area contributed by atoms with Crippen LogP contribution in [0.1, 0.15) is 43.7 Å². The molecule has 0 amide bonds. The monoisotopic (exact) mass is 376 g/mol. The minimum atomic E-state index is -0.309. The van der Waals surface area contributed by atoms with Crippen molar-refractivity contribution in [2.75, 3.05) is 0 Å². The van der Waals surface area contributed by atoms with Gasteiger partial charge in [-0.3, -0.25) is 0 Å². The Morgan fingerprint density at radius 1 is 1.04 bits per heavy atom. The number of esters is 1. The third-order valence-electron chi connectivity index (χ3n) is 4.67. The lowest BCUT2D eigenvalue weighted by Gasteiger charge is -2.24. The zero-order chi connectivity index (χ0) is 20.4. The highest BCUT2D eigenvalue weighted by Gasteiger charge is 2.32. The van der Waals surface area contributed by atoms with Gasteiger partial charge in [0.2, 0.25) is 0 Å². The maximum absolute atomic E-state index is 12.0. The van der Waals surface area contributed by atoms with Gasteiger partial charge in [0.15, 0.2) is 0 Å². The second kappa shape index (κ2) is 10.3. The fraction of sp³-hybridized carbons (Fsp3) is 0.240. The number of rotatable bonds is 5. The molecule has 1 aliphatic rings. The van der Waals surface area contributed by atoms with Crippen molar-refractivity contribution in [2.24, 2.45) is 0 Å². The molecule has 0 heterocycles. The summed E-state index contributed by atoms with van der Waals surface area (Å²) in [5, 5.41) is 8.82. The van der Waals surface area contributed by atoms with E-state index in [-0.39, 0.29) is 11.6 Å². The highest BCUT2D eigenvalue weighted by Crippen LogP contribution is 2.33. The van der Waals surface area contributed by atoms with Crippen LogP contribution in [0.3, 0.4) is 0 Å². The Kier molecular flexibility index (Phi) is 7.82. The summed E-state index contributed by atoms with van der Waals surface area (Å²) in [5.41, 5.74) is 2.17. The molecule has 0 unspecified atom stereocenters. The Morgan fingerprint density at radius 3 is 2.21 bits per heavy atom. The summed E-state index contributed by atoms with van der Waals surface area (Å²) < 4.78 is 5.56. The molecule has 2 aromatic carbocycles. The van der Waals surface area contributed by atoms with Gasteiger partial charge in [-0.15, -0.1) is 0 Å². The third kappa shape index (κ3) is 6.92. The lowest BCUT2D eigenvalue weighted by atomic mass is 10.1. The molecule has 2 aromatic rings. The van der Waals surface area contributed by atoms with Crippen molar-refractivity contribution >= 4 is 18.1 Å². The van der Waals surface area contributed by atoms with E-state index in [0.29, 0.717) is 11.3 Å². The Balaban J connectivity index is 0.000000261. The van der Waals surface area contributed by atoms with E-state index in [1.54, 1.807) is 24.3 Å². The summed E-state index contributed by atoms with van der Waals surface area (Å²) in [6.07, 6.45) is 9.51. The minimum Gasteiger partial charge on any atom is -0.508 e. The molecule has 0 aliphatic heterocycles. The van der Waals surface area contributed by atoms with Gasteiger partial charge in [0, 0.05) is 0 Å². The van der Waals surface area contributed by atoms with Gasteiger partial charge in [-0.25, -0.2) is 4.79 Å². The average Bonchev–Trinajstić information content (AvgIpc) is 3.14. The molecule has 1 aliphatic carbocycles. The van der Waals surface area contributed by atoms with Gasteiger partial charge in [0.05, 0.1) is 5.57 Å². The molecule has 1 fully saturated rings. The third-order valence-corrected chi connectivity index (χ3v) is 4.67. The summed E-state index contributed by atoms with van der Waals surface area (Å²) in [7, 11) is 0. The second-order valence-corrected chi connectivity index (χ2v) is 7.11. The van der Waals surface area contributed by atoms with Crippen LogP contribution in [0.15, 0.2) is 79.4 Å². The average molecular weight is 376 g/mol. The van der Waals surface area contributed by atoms with Gasteiger partial charge in [-0.05, 0) is 61.9 Å². The first-order chi connectivity index (χ1) is 13.4. The number of hydrogen-bond donors (Lipinski definition) is 1. The maximum atomic E-state index is 12.0. The van der Waals surface area contributed by atoms with E-state index >= 15 is 0 Å². The zero-order valence-corrected chi connectivity index (χ0v) is 16.4. The molecule has 28 heavy (non-hydrogen) atoms. The van der Waals surface area contributed by atoms with E-state index in [1.807, 2.05) is 55.5 Å². The molecule has 0 atom stereocenters. The van der Waals surface area contributed by atoms with Crippen LogP contribution in [-0.2, 0) is 9.53 Å². The van der Waals surface area contributed by atoms with Crippen LogP contribution in [0, 0.1) is 0 Å². The van der Waals surface area contributed by atoms with Crippen LogP contribution in [0.5, 0.6) is 5.75 Å². The van der Waals surface area contributed by atoms with E-state index in [2.05, 4.69) is 13.2 Å². The number of benzene rings is 2. The predicted octanol–water partition coefficient (Wildman–Crippen LogP) is 6.17. The Bertz CT molecular complexity index is 811. The highest BCUT2D eigenvalue weighted by atomic mass is 16.6.